The standard InChI is InChI=1S/C20H23N3O2/c1-16(24)17-6-5-7-18(14-17)21-15-20(25)23-12-10-22(11-13-23)19-8-3-2-4-9-19/h2-9,14,21H,10-13,15H2,1H3. The quantitative estimate of drug-likeness (QED) is 0.852. The molecule has 1 aliphatic rings. The monoisotopic (exact) mass is 337 g/mol. The Bertz CT molecular complexity index is 738. The van der Waals surface area contributed by atoms with Gasteiger partial charge in [-0.05, 0) is 31.2 Å². The van der Waals surface area contributed by atoms with Gasteiger partial charge in [0.25, 0.3) is 0 Å². The van der Waals surface area contributed by atoms with Gasteiger partial charge in [0.2, 0.25) is 5.91 Å². The van der Waals surface area contributed by atoms with Crippen molar-refractivity contribution in [3.05, 3.63) is 60.2 Å². The first-order valence-electron chi connectivity index (χ1n) is 8.56. The van der Waals surface area contributed by atoms with Crippen LogP contribution in [-0.2, 0) is 4.79 Å². The van der Waals surface area contributed by atoms with E-state index in [1.807, 2.05) is 35.2 Å². The zero-order chi connectivity index (χ0) is 17.6. The van der Waals surface area contributed by atoms with Crippen LogP contribution < -0.4 is 10.2 Å². The molecule has 0 saturated carbocycles. The third-order valence-electron chi connectivity index (χ3n) is 4.47. The van der Waals surface area contributed by atoms with Gasteiger partial charge in [0.1, 0.15) is 0 Å². The number of benzene rings is 2. The molecule has 0 unspecified atom stereocenters. The highest BCUT2D eigenvalue weighted by atomic mass is 16.2. The number of carbonyl (C=O) groups excluding carboxylic acids is 2. The molecule has 0 spiro atoms. The molecular formula is C20H23N3O2. The highest BCUT2D eigenvalue weighted by Crippen LogP contribution is 2.16. The lowest BCUT2D eigenvalue weighted by atomic mass is 10.1. The van der Waals surface area contributed by atoms with Gasteiger partial charge < -0.3 is 15.1 Å². The van der Waals surface area contributed by atoms with E-state index in [0.29, 0.717) is 5.56 Å². The number of carbonyl (C=O) groups is 2. The first-order valence-corrected chi connectivity index (χ1v) is 8.56. The topological polar surface area (TPSA) is 52.7 Å². The number of amides is 1. The zero-order valence-electron chi connectivity index (χ0n) is 14.4. The number of hydrogen-bond donors (Lipinski definition) is 1. The predicted molar refractivity (Wildman–Crippen MR) is 100 cm³/mol. The van der Waals surface area contributed by atoms with Crippen LogP contribution in [0.4, 0.5) is 11.4 Å². The summed E-state index contributed by atoms with van der Waals surface area (Å²) >= 11 is 0. The summed E-state index contributed by atoms with van der Waals surface area (Å²) in [5.74, 6) is 0.105. The minimum atomic E-state index is 0.0204. The van der Waals surface area contributed by atoms with E-state index in [2.05, 4.69) is 22.3 Å². The van der Waals surface area contributed by atoms with E-state index in [9.17, 15) is 9.59 Å². The van der Waals surface area contributed by atoms with E-state index >= 15 is 0 Å². The Morgan fingerprint density at radius 3 is 2.36 bits per heavy atom. The normalized spacial score (nSPS) is 14.3. The highest BCUT2D eigenvalue weighted by molar-refractivity contribution is 5.95. The van der Waals surface area contributed by atoms with Crippen LogP contribution in [-0.4, -0.2) is 49.3 Å². The van der Waals surface area contributed by atoms with Crippen molar-refractivity contribution < 1.29 is 9.59 Å². The van der Waals surface area contributed by atoms with Gasteiger partial charge >= 0.3 is 0 Å². The second-order valence-corrected chi connectivity index (χ2v) is 6.19. The first-order chi connectivity index (χ1) is 12.1. The number of ketones is 1. The van der Waals surface area contributed by atoms with Crippen molar-refractivity contribution in [2.24, 2.45) is 0 Å². The Kier molecular flexibility index (Phi) is 5.33. The number of anilines is 2. The number of hydrogen-bond acceptors (Lipinski definition) is 4. The summed E-state index contributed by atoms with van der Waals surface area (Å²) in [5.41, 5.74) is 2.65. The molecule has 25 heavy (non-hydrogen) atoms. The number of rotatable bonds is 5. The van der Waals surface area contributed by atoms with Gasteiger partial charge in [0.05, 0.1) is 6.54 Å². The number of para-hydroxylation sites is 1. The van der Waals surface area contributed by atoms with E-state index in [0.717, 1.165) is 31.9 Å². The summed E-state index contributed by atoms with van der Waals surface area (Å²) in [6.07, 6.45) is 0. The van der Waals surface area contributed by atoms with Gasteiger partial charge in [-0.2, -0.15) is 0 Å². The fourth-order valence-corrected chi connectivity index (χ4v) is 2.99. The van der Waals surface area contributed by atoms with Crippen LogP contribution in [0.25, 0.3) is 0 Å². The number of piperazine rings is 1. The van der Waals surface area contributed by atoms with Gasteiger partial charge in [0, 0.05) is 43.1 Å². The molecule has 0 aromatic heterocycles. The van der Waals surface area contributed by atoms with Crippen molar-refractivity contribution in [3.63, 3.8) is 0 Å². The molecule has 1 heterocycles. The number of nitrogens with zero attached hydrogens (tertiary/aromatic N) is 2. The van der Waals surface area contributed by atoms with Crippen LogP contribution in [0.3, 0.4) is 0 Å². The van der Waals surface area contributed by atoms with Gasteiger partial charge in [-0.15, -0.1) is 0 Å². The zero-order valence-corrected chi connectivity index (χ0v) is 14.4. The molecule has 1 saturated heterocycles. The van der Waals surface area contributed by atoms with E-state index < -0.39 is 0 Å². The molecule has 1 aliphatic heterocycles. The second-order valence-electron chi connectivity index (χ2n) is 6.19. The Labute approximate surface area is 148 Å². The minimum absolute atomic E-state index is 0.0204. The lowest BCUT2D eigenvalue weighted by molar-refractivity contribution is -0.129. The average molecular weight is 337 g/mol. The van der Waals surface area contributed by atoms with Gasteiger partial charge in [-0.3, -0.25) is 9.59 Å². The number of nitrogens with one attached hydrogen (secondary N) is 1. The molecule has 1 amide bonds. The molecular weight excluding hydrogens is 314 g/mol. The molecule has 0 aliphatic carbocycles. The van der Waals surface area contributed by atoms with E-state index in [-0.39, 0.29) is 18.2 Å². The van der Waals surface area contributed by atoms with Crippen LogP contribution in [0.5, 0.6) is 0 Å². The molecule has 2 aromatic rings. The van der Waals surface area contributed by atoms with Crippen LogP contribution >= 0.6 is 0 Å². The lowest BCUT2D eigenvalue weighted by Crippen LogP contribution is -2.50. The smallest absolute Gasteiger partial charge is 0.241 e. The first kappa shape index (κ1) is 17.0. The Morgan fingerprint density at radius 1 is 0.960 bits per heavy atom. The fraction of sp³-hybridized carbons (Fsp3) is 0.300. The van der Waals surface area contributed by atoms with E-state index in [1.54, 1.807) is 12.1 Å². The third-order valence-corrected chi connectivity index (χ3v) is 4.47. The lowest BCUT2D eigenvalue weighted by Gasteiger charge is -2.36. The Morgan fingerprint density at radius 2 is 1.68 bits per heavy atom. The average Bonchev–Trinajstić information content (AvgIpc) is 2.67. The van der Waals surface area contributed by atoms with Gasteiger partial charge in [0.15, 0.2) is 5.78 Å². The van der Waals surface area contributed by atoms with Gasteiger partial charge in [-0.1, -0.05) is 30.3 Å². The SMILES string of the molecule is CC(=O)c1cccc(NCC(=O)N2CCN(c3ccccc3)CC2)c1. The predicted octanol–water partition coefficient (Wildman–Crippen LogP) is 2.65. The van der Waals surface area contributed by atoms with E-state index in [1.165, 1.54) is 12.6 Å². The summed E-state index contributed by atoms with van der Waals surface area (Å²) in [7, 11) is 0. The van der Waals surface area contributed by atoms with Crippen molar-refractivity contribution in [2.75, 3.05) is 42.9 Å². The maximum absolute atomic E-state index is 12.4. The maximum Gasteiger partial charge on any atom is 0.241 e. The summed E-state index contributed by atoms with van der Waals surface area (Å²) in [4.78, 5) is 28.0. The summed E-state index contributed by atoms with van der Waals surface area (Å²) in [5, 5.41) is 3.12. The third kappa shape index (κ3) is 4.38. The Balaban J connectivity index is 1.50. The molecule has 3 rings (SSSR count). The van der Waals surface area contributed by atoms with Crippen LogP contribution in [0.1, 0.15) is 17.3 Å². The van der Waals surface area contributed by atoms with Crippen molar-refractivity contribution in [3.8, 4) is 0 Å². The Hall–Kier alpha value is -2.82. The summed E-state index contributed by atoms with van der Waals surface area (Å²) < 4.78 is 0. The van der Waals surface area contributed by atoms with Crippen molar-refractivity contribution >= 4 is 23.1 Å². The molecule has 0 atom stereocenters. The van der Waals surface area contributed by atoms with Crippen molar-refractivity contribution in [2.45, 2.75) is 6.92 Å². The largest absolute Gasteiger partial charge is 0.376 e. The summed E-state index contributed by atoms with van der Waals surface area (Å²) in [6.45, 7) is 4.92. The van der Waals surface area contributed by atoms with Crippen molar-refractivity contribution in [1.82, 2.24) is 4.90 Å². The number of Topliss-reactive ketones (excluding diaryl/α,β-unsaturated/α-hetero) is 1. The molecule has 0 radical (unpaired) electrons. The molecule has 5 heteroatoms. The van der Waals surface area contributed by atoms with Crippen LogP contribution in [0.2, 0.25) is 0 Å². The molecule has 2 aromatic carbocycles. The van der Waals surface area contributed by atoms with Crippen LogP contribution in [0, 0.1) is 0 Å². The molecule has 0 bridgehead atoms. The molecule has 1 N–H and O–H groups in total. The fourth-order valence-electron chi connectivity index (χ4n) is 2.99. The van der Waals surface area contributed by atoms with E-state index in [4.69, 9.17) is 0 Å². The second kappa shape index (κ2) is 7.83. The maximum atomic E-state index is 12.4. The molecule has 1 fully saturated rings. The minimum Gasteiger partial charge on any atom is -0.376 e. The molecule has 130 valence electrons. The van der Waals surface area contributed by atoms with Gasteiger partial charge in [-0.25, -0.2) is 0 Å². The van der Waals surface area contributed by atoms with Crippen LogP contribution in [0.15, 0.2) is 54.6 Å². The summed E-state index contributed by atoms with van der Waals surface area (Å²) in [6, 6.07) is 17.5. The van der Waals surface area contributed by atoms with Crippen molar-refractivity contribution in [1.29, 1.82) is 0 Å². The molecule has 5 nitrogen and oxygen atoms in total. The highest BCUT2D eigenvalue weighted by Gasteiger charge is 2.20.